The summed E-state index contributed by atoms with van der Waals surface area (Å²) in [5, 5.41) is 28.5. The first-order chi connectivity index (χ1) is 37.6. The molecule has 394 valence electrons. The zero-order chi connectivity index (χ0) is 55.5. The number of nitrogens with one attached hydrogen (secondary N) is 3. The fourth-order valence-electron chi connectivity index (χ4n) is 7.96. The number of nitrogens with zero attached hydrogens (tertiary/aromatic N) is 4. The summed E-state index contributed by atoms with van der Waals surface area (Å²) in [6, 6.07) is 36.8. The second-order valence-corrected chi connectivity index (χ2v) is 18.1. The minimum atomic E-state index is -1.05. The summed E-state index contributed by atoms with van der Waals surface area (Å²) in [6.07, 6.45) is 8.34. The Morgan fingerprint density at radius 3 is 1.46 bits per heavy atom. The van der Waals surface area contributed by atoms with Crippen LogP contribution in [0, 0.1) is 37.1 Å². The second-order valence-electron chi connectivity index (χ2n) is 17.7. The number of carboxylic acid groups (broad SMARTS) is 2. The third kappa shape index (κ3) is 13.7. The van der Waals surface area contributed by atoms with Gasteiger partial charge >= 0.3 is 17.9 Å². The Morgan fingerprint density at radius 2 is 1.00 bits per heavy atom. The maximum atomic E-state index is 13.9. The van der Waals surface area contributed by atoms with Crippen molar-refractivity contribution < 1.29 is 46.9 Å². The van der Waals surface area contributed by atoms with E-state index in [4.69, 9.17) is 16.3 Å². The third-order valence-corrected chi connectivity index (χ3v) is 12.3. The van der Waals surface area contributed by atoms with Crippen molar-refractivity contribution in [2.45, 2.75) is 39.5 Å². The van der Waals surface area contributed by atoms with Gasteiger partial charge in [0.05, 0.1) is 110 Å². The van der Waals surface area contributed by atoms with Crippen LogP contribution >= 0.6 is 11.6 Å². The molecule has 18 heteroatoms. The minimum Gasteiger partial charge on any atom is -0.478 e. The van der Waals surface area contributed by atoms with Crippen molar-refractivity contribution >= 4 is 63.6 Å². The molecule has 0 saturated heterocycles. The van der Waals surface area contributed by atoms with Gasteiger partial charge in [0, 0.05) is 5.56 Å². The predicted molar refractivity (Wildman–Crippen MR) is 292 cm³/mol. The number of pyridine rings is 2. The van der Waals surface area contributed by atoms with Gasteiger partial charge in [-0.15, -0.1) is 0 Å². The van der Waals surface area contributed by atoms with E-state index in [2.05, 4.69) is 35.9 Å². The number of esters is 1. The minimum absolute atomic E-state index is 0.129. The summed E-state index contributed by atoms with van der Waals surface area (Å²) in [7, 11) is 0. The Morgan fingerprint density at radius 1 is 0.551 bits per heavy atom. The van der Waals surface area contributed by atoms with Gasteiger partial charge in [0.1, 0.15) is 23.3 Å². The molecular weight excluding hydrogens is 1030 g/mol. The van der Waals surface area contributed by atoms with Gasteiger partial charge in [-0.2, -0.15) is 0 Å². The van der Waals surface area contributed by atoms with Crippen LogP contribution in [-0.4, -0.2) is 54.7 Å². The molecular formula is C60H48ClF4N7O6. The SMILES string of the molecule is CCOC(=O)c1cc(C)ccc1Nc1ccc(-c2c(F)cccc2F)nc1.Cc1ccc(Nc2ccc(-c3c(F)cccc3F)nc2)c(C(=O)O)c1.O=C(O)c1cc(C2CC2)ccc1Nc1cnc(-c2ccccc2Cl)nc1. The molecule has 0 aliphatic heterocycles. The molecule has 1 aliphatic carbocycles. The van der Waals surface area contributed by atoms with Gasteiger partial charge in [-0.25, -0.2) is 41.9 Å². The van der Waals surface area contributed by atoms with Crippen LogP contribution in [0.25, 0.3) is 33.9 Å². The van der Waals surface area contributed by atoms with Crippen molar-refractivity contribution in [3.8, 4) is 33.9 Å². The first-order valence-electron chi connectivity index (χ1n) is 24.2. The molecule has 0 unspecified atom stereocenters. The molecule has 1 fully saturated rings. The van der Waals surface area contributed by atoms with Crippen LogP contribution in [-0.2, 0) is 4.74 Å². The van der Waals surface area contributed by atoms with E-state index in [1.165, 1.54) is 48.8 Å². The number of halogens is 5. The summed E-state index contributed by atoms with van der Waals surface area (Å²) in [4.78, 5) is 52.0. The molecule has 0 atom stereocenters. The summed E-state index contributed by atoms with van der Waals surface area (Å²) in [5.41, 5.74) is 7.52. The number of aromatic carboxylic acids is 2. The first-order valence-corrected chi connectivity index (χ1v) is 24.6. The fourth-order valence-corrected chi connectivity index (χ4v) is 8.18. The molecule has 6 aromatic carbocycles. The van der Waals surface area contributed by atoms with Crippen LogP contribution in [0.1, 0.15) is 73.4 Å². The lowest BCUT2D eigenvalue weighted by Gasteiger charge is -2.12. The predicted octanol–water partition coefficient (Wildman–Crippen LogP) is 15.1. The second kappa shape index (κ2) is 24.9. The molecule has 3 aromatic heterocycles. The average Bonchev–Trinajstić information content (AvgIpc) is 4.28. The number of ether oxygens (including phenoxy) is 1. The zero-order valence-electron chi connectivity index (χ0n) is 42.0. The molecule has 13 nitrogen and oxygen atoms in total. The van der Waals surface area contributed by atoms with Crippen molar-refractivity contribution in [3.05, 3.63) is 226 Å². The van der Waals surface area contributed by atoms with Gasteiger partial charge in [-0.3, -0.25) is 9.97 Å². The number of carbonyl (C=O) groups excluding carboxylic acids is 1. The van der Waals surface area contributed by atoms with E-state index in [-0.39, 0.29) is 40.2 Å². The summed E-state index contributed by atoms with van der Waals surface area (Å²) >= 11 is 6.17. The number of benzene rings is 6. The monoisotopic (exact) mass is 1070 g/mol. The maximum Gasteiger partial charge on any atom is 0.340 e. The number of aromatic nitrogens is 4. The molecule has 0 radical (unpaired) electrons. The van der Waals surface area contributed by atoms with Crippen LogP contribution in [0.3, 0.4) is 0 Å². The highest BCUT2D eigenvalue weighted by molar-refractivity contribution is 6.33. The van der Waals surface area contributed by atoms with Crippen molar-refractivity contribution in [1.29, 1.82) is 0 Å². The van der Waals surface area contributed by atoms with Gasteiger partial charge in [0.25, 0.3) is 0 Å². The Balaban J connectivity index is 0.000000154. The van der Waals surface area contributed by atoms with Crippen molar-refractivity contribution in [2.75, 3.05) is 22.6 Å². The lowest BCUT2D eigenvalue weighted by Crippen LogP contribution is -2.08. The van der Waals surface area contributed by atoms with Gasteiger partial charge in [0.2, 0.25) is 0 Å². The number of anilines is 6. The smallest absolute Gasteiger partial charge is 0.340 e. The van der Waals surface area contributed by atoms with Crippen molar-refractivity contribution in [3.63, 3.8) is 0 Å². The van der Waals surface area contributed by atoms with Gasteiger partial charge in [-0.1, -0.05) is 65.2 Å². The van der Waals surface area contributed by atoms with E-state index >= 15 is 0 Å². The number of hydrogen-bond donors (Lipinski definition) is 5. The summed E-state index contributed by atoms with van der Waals surface area (Å²) in [6.45, 7) is 5.70. The van der Waals surface area contributed by atoms with Crippen LogP contribution in [0.15, 0.2) is 164 Å². The number of carbonyl (C=O) groups is 3. The maximum absolute atomic E-state index is 13.9. The van der Waals surface area contributed by atoms with E-state index in [1.807, 2.05) is 37.3 Å². The molecule has 10 rings (SSSR count). The fraction of sp³-hybridized carbons (Fsp3) is 0.117. The highest BCUT2D eigenvalue weighted by Crippen LogP contribution is 2.41. The average molecular weight is 1070 g/mol. The number of carboxylic acids is 2. The lowest BCUT2D eigenvalue weighted by atomic mass is 10.0. The Hall–Kier alpha value is -9.48. The first kappa shape index (κ1) is 54.8. The molecule has 0 amide bonds. The van der Waals surface area contributed by atoms with Crippen LogP contribution in [0.4, 0.5) is 51.7 Å². The number of hydrogen-bond acceptors (Lipinski definition) is 11. The lowest BCUT2D eigenvalue weighted by molar-refractivity contribution is 0.0526. The third-order valence-electron chi connectivity index (χ3n) is 12.0. The standard InChI is InChI=1S/C21H18F2N2O2.C20H16ClN3O2.C19H14F2N2O2/c1-3-27-21(26)15-11-13(2)7-9-18(15)25-14-8-10-19(24-12-14)20-16(22)5-4-6-17(20)23;21-17-4-2-1-3-15(17)19-22-10-14(11-23-19)24-18-8-7-13(12-5-6-12)9-16(18)20(25)26;1-11-5-7-16(13(9-11)19(24)25)23-12-6-8-17(22-10-12)18-14(20)3-2-4-15(18)21/h4-12,25H,3H2,1-2H3;1-4,7-12,24H,5-6H2,(H,25,26);2-10,23H,1H3,(H,24,25). The zero-order valence-corrected chi connectivity index (χ0v) is 42.7. The van der Waals surface area contributed by atoms with Crippen LogP contribution < -0.4 is 16.0 Å². The Bertz CT molecular complexity index is 3600. The normalized spacial score (nSPS) is 11.5. The van der Waals surface area contributed by atoms with E-state index < -0.39 is 41.2 Å². The number of rotatable bonds is 14. The van der Waals surface area contributed by atoms with E-state index in [9.17, 15) is 42.2 Å². The molecule has 0 bridgehead atoms. The summed E-state index contributed by atoms with van der Waals surface area (Å²) < 4.78 is 60.5. The molecule has 5 N–H and O–H groups in total. The summed E-state index contributed by atoms with van der Waals surface area (Å²) in [5.74, 6) is -4.16. The van der Waals surface area contributed by atoms with Crippen LogP contribution in [0.2, 0.25) is 5.02 Å². The topological polar surface area (TPSA) is 189 Å². The molecule has 9 aromatic rings. The van der Waals surface area contributed by atoms with Crippen molar-refractivity contribution in [2.24, 2.45) is 0 Å². The van der Waals surface area contributed by atoms with Gasteiger partial charge in [-0.05, 0) is 142 Å². The van der Waals surface area contributed by atoms with Crippen LogP contribution in [0.5, 0.6) is 0 Å². The molecule has 78 heavy (non-hydrogen) atoms. The van der Waals surface area contributed by atoms with E-state index in [0.717, 1.165) is 47.2 Å². The highest BCUT2D eigenvalue weighted by atomic mass is 35.5. The molecule has 1 aliphatic rings. The van der Waals surface area contributed by atoms with E-state index in [1.54, 1.807) is 86.9 Å². The quantitative estimate of drug-likeness (QED) is 0.0512. The number of aryl methyl sites for hydroxylation is 2. The van der Waals surface area contributed by atoms with Gasteiger partial charge in [0.15, 0.2) is 5.82 Å². The molecule has 1 saturated carbocycles. The van der Waals surface area contributed by atoms with E-state index in [0.29, 0.717) is 56.5 Å². The highest BCUT2D eigenvalue weighted by Gasteiger charge is 2.25. The molecule has 0 spiro atoms. The van der Waals surface area contributed by atoms with Gasteiger partial charge < -0.3 is 30.9 Å². The van der Waals surface area contributed by atoms with Crippen molar-refractivity contribution in [1.82, 2.24) is 19.9 Å². The largest absolute Gasteiger partial charge is 0.478 e. The Labute approximate surface area is 450 Å². The molecule has 3 heterocycles. The Kier molecular flexibility index (Phi) is 17.5.